The first-order valence-electron chi connectivity index (χ1n) is 5.79. The van der Waals surface area contributed by atoms with Crippen LogP contribution < -0.4 is 5.32 Å². The summed E-state index contributed by atoms with van der Waals surface area (Å²) in [6.45, 7) is 3.91. The number of nitrogens with one attached hydrogen (secondary N) is 1. The van der Waals surface area contributed by atoms with Gasteiger partial charge in [0.05, 0.1) is 13.2 Å². The van der Waals surface area contributed by atoms with Crippen molar-refractivity contribution in [2.75, 3.05) is 19.8 Å². The molecule has 1 fully saturated rings. The Morgan fingerprint density at radius 3 is 3.18 bits per heavy atom. The quantitative estimate of drug-likeness (QED) is 0.811. The Kier molecular flexibility index (Phi) is 4.15. The predicted molar refractivity (Wildman–Crippen MR) is 66.0 cm³/mol. The van der Waals surface area contributed by atoms with Gasteiger partial charge in [-0.1, -0.05) is 6.07 Å². The third kappa shape index (κ3) is 2.86. The lowest BCUT2D eigenvalue weighted by Crippen LogP contribution is -2.53. The summed E-state index contributed by atoms with van der Waals surface area (Å²) in [6.07, 6.45) is 0.678. The molecule has 1 saturated heterocycles. The van der Waals surface area contributed by atoms with E-state index in [1.54, 1.807) is 11.3 Å². The van der Waals surface area contributed by atoms with Gasteiger partial charge in [-0.3, -0.25) is 5.32 Å². The molecule has 17 heavy (non-hydrogen) atoms. The average molecular weight is 255 g/mol. The monoisotopic (exact) mass is 255 g/mol. The number of carbonyl (C=O) groups excluding carboxylic acids is 1. The lowest BCUT2D eigenvalue weighted by Gasteiger charge is -2.26. The Labute approximate surface area is 105 Å². The fraction of sp³-hybridized carbons (Fsp3) is 0.583. The molecule has 5 heteroatoms. The highest BCUT2D eigenvalue weighted by Crippen LogP contribution is 2.22. The number of hydrogen-bond acceptors (Lipinski definition) is 5. The van der Waals surface area contributed by atoms with Crippen LogP contribution in [0.15, 0.2) is 17.5 Å². The Hall–Kier alpha value is -0.910. The summed E-state index contributed by atoms with van der Waals surface area (Å²) >= 11 is 1.67. The van der Waals surface area contributed by atoms with Gasteiger partial charge in [0.2, 0.25) is 0 Å². The molecule has 0 amide bonds. The van der Waals surface area contributed by atoms with Crippen LogP contribution in [0.25, 0.3) is 0 Å². The molecule has 1 aromatic heterocycles. The van der Waals surface area contributed by atoms with E-state index in [4.69, 9.17) is 9.47 Å². The molecule has 94 valence electrons. The Balaban J connectivity index is 1.99. The van der Waals surface area contributed by atoms with Crippen LogP contribution >= 0.6 is 11.3 Å². The minimum atomic E-state index is -0.653. The molecule has 0 spiro atoms. The van der Waals surface area contributed by atoms with Gasteiger partial charge < -0.3 is 9.47 Å². The molecule has 2 heterocycles. The SMILES string of the molecule is CCOC(=O)C1(NCc2cccs2)CCOC1. The maximum absolute atomic E-state index is 12.0. The molecule has 4 nitrogen and oxygen atoms in total. The summed E-state index contributed by atoms with van der Waals surface area (Å²) in [5.41, 5.74) is -0.653. The highest BCUT2D eigenvalue weighted by molar-refractivity contribution is 7.09. The van der Waals surface area contributed by atoms with Crippen molar-refractivity contribution in [3.05, 3.63) is 22.4 Å². The fourth-order valence-electron chi connectivity index (χ4n) is 1.88. The number of carbonyl (C=O) groups is 1. The van der Waals surface area contributed by atoms with E-state index >= 15 is 0 Å². The van der Waals surface area contributed by atoms with Crippen LogP contribution in [0.4, 0.5) is 0 Å². The summed E-state index contributed by atoms with van der Waals surface area (Å²) in [5, 5.41) is 5.32. The topological polar surface area (TPSA) is 47.6 Å². The van der Waals surface area contributed by atoms with E-state index < -0.39 is 5.54 Å². The van der Waals surface area contributed by atoms with Crippen molar-refractivity contribution in [2.24, 2.45) is 0 Å². The van der Waals surface area contributed by atoms with Crippen molar-refractivity contribution >= 4 is 17.3 Å². The van der Waals surface area contributed by atoms with Gasteiger partial charge in [-0.15, -0.1) is 11.3 Å². The standard InChI is InChI=1S/C12H17NO3S/c1-2-16-11(14)12(5-6-15-9-12)13-8-10-4-3-7-17-10/h3-4,7,13H,2,5-6,8-9H2,1H3. The van der Waals surface area contributed by atoms with E-state index in [0.29, 0.717) is 32.8 Å². The molecule has 0 aromatic carbocycles. The lowest BCUT2D eigenvalue weighted by molar-refractivity contribution is -0.151. The molecule has 1 aliphatic heterocycles. The van der Waals surface area contributed by atoms with E-state index in [1.807, 2.05) is 24.4 Å². The lowest BCUT2D eigenvalue weighted by atomic mass is 9.99. The average Bonchev–Trinajstić information content (AvgIpc) is 2.99. The van der Waals surface area contributed by atoms with Gasteiger partial charge in [-0.2, -0.15) is 0 Å². The third-order valence-corrected chi connectivity index (χ3v) is 3.75. The molecule has 0 saturated carbocycles. The van der Waals surface area contributed by atoms with Crippen LogP contribution in [0.1, 0.15) is 18.2 Å². The van der Waals surface area contributed by atoms with Crippen molar-refractivity contribution < 1.29 is 14.3 Å². The second-order valence-corrected chi connectivity index (χ2v) is 5.07. The number of hydrogen-bond donors (Lipinski definition) is 1. The normalized spacial score (nSPS) is 23.8. The zero-order valence-electron chi connectivity index (χ0n) is 9.90. The molecule has 1 aromatic rings. The van der Waals surface area contributed by atoms with Gasteiger partial charge in [0.25, 0.3) is 0 Å². The summed E-state index contributed by atoms with van der Waals surface area (Å²) in [6, 6.07) is 4.05. The Bertz CT molecular complexity index is 358. The van der Waals surface area contributed by atoms with Crippen molar-refractivity contribution in [3.8, 4) is 0 Å². The van der Waals surface area contributed by atoms with Crippen molar-refractivity contribution in [1.82, 2.24) is 5.32 Å². The summed E-state index contributed by atoms with van der Waals surface area (Å²) < 4.78 is 10.5. The van der Waals surface area contributed by atoms with Crippen LogP contribution in [-0.4, -0.2) is 31.3 Å². The second kappa shape index (κ2) is 5.62. The van der Waals surface area contributed by atoms with Gasteiger partial charge in [-0.05, 0) is 18.4 Å². The molecule has 1 atom stereocenters. The molecular formula is C12H17NO3S. The van der Waals surface area contributed by atoms with E-state index in [0.717, 1.165) is 0 Å². The maximum Gasteiger partial charge on any atom is 0.328 e. The van der Waals surface area contributed by atoms with Crippen LogP contribution in [-0.2, 0) is 20.8 Å². The summed E-state index contributed by atoms with van der Waals surface area (Å²) in [5.74, 6) is -0.200. The van der Waals surface area contributed by atoms with Crippen molar-refractivity contribution in [1.29, 1.82) is 0 Å². The highest BCUT2D eigenvalue weighted by atomic mass is 32.1. The van der Waals surface area contributed by atoms with E-state index in [9.17, 15) is 4.79 Å². The van der Waals surface area contributed by atoms with Crippen LogP contribution in [0, 0.1) is 0 Å². The number of thiophene rings is 1. The van der Waals surface area contributed by atoms with Gasteiger partial charge in [-0.25, -0.2) is 4.79 Å². The minimum Gasteiger partial charge on any atom is -0.465 e. The van der Waals surface area contributed by atoms with Crippen LogP contribution in [0.3, 0.4) is 0 Å². The van der Waals surface area contributed by atoms with Gasteiger partial charge in [0, 0.05) is 24.4 Å². The summed E-state index contributed by atoms with van der Waals surface area (Å²) in [4.78, 5) is 13.2. The Morgan fingerprint density at radius 1 is 1.71 bits per heavy atom. The zero-order valence-corrected chi connectivity index (χ0v) is 10.7. The Morgan fingerprint density at radius 2 is 2.59 bits per heavy atom. The van der Waals surface area contributed by atoms with Crippen molar-refractivity contribution in [2.45, 2.75) is 25.4 Å². The van der Waals surface area contributed by atoms with Crippen LogP contribution in [0.5, 0.6) is 0 Å². The van der Waals surface area contributed by atoms with E-state index in [2.05, 4.69) is 5.32 Å². The van der Waals surface area contributed by atoms with E-state index in [-0.39, 0.29) is 5.97 Å². The first-order valence-corrected chi connectivity index (χ1v) is 6.67. The van der Waals surface area contributed by atoms with Gasteiger partial charge in [0.1, 0.15) is 5.54 Å². The molecule has 0 aliphatic carbocycles. The first kappa shape index (κ1) is 12.5. The highest BCUT2D eigenvalue weighted by Gasteiger charge is 2.43. The molecule has 1 aliphatic rings. The zero-order chi connectivity index (χ0) is 12.1. The largest absolute Gasteiger partial charge is 0.465 e. The van der Waals surface area contributed by atoms with E-state index in [1.165, 1.54) is 4.88 Å². The second-order valence-electron chi connectivity index (χ2n) is 4.04. The third-order valence-electron chi connectivity index (χ3n) is 2.87. The smallest absolute Gasteiger partial charge is 0.328 e. The molecular weight excluding hydrogens is 238 g/mol. The number of esters is 1. The molecule has 0 bridgehead atoms. The first-order chi connectivity index (χ1) is 8.27. The maximum atomic E-state index is 12.0. The minimum absolute atomic E-state index is 0.200. The fourth-order valence-corrected chi connectivity index (χ4v) is 2.52. The van der Waals surface area contributed by atoms with Crippen molar-refractivity contribution in [3.63, 3.8) is 0 Å². The predicted octanol–water partition coefficient (Wildman–Crippen LogP) is 1.56. The van der Waals surface area contributed by atoms with Gasteiger partial charge >= 0.3 is 5.97 Å². The van der Waals surface area contributed by atoms with Crippen LogP contribution in [0.2, 0.25) is 0 Å². The molecule has 0 radical (unpaired) electrons. The number of ether oxygens (including phenoxy) is 2. The summed E-state index contributed by atoms with van der Waals surface area (Å²) in [7, 11) is 0. The number of rotatable bonds is 5. The van der Waals surface area contributed by atoms with Gasteiger partial charge in [0.15, 0.2) is 0 Å². The molecule has 1 N–H and O–H groups in total. The molecule has 1 unspecified atom stereocenters. The molecule has 2 rings (SSSR count).